The van der Waals surface area contributed by atoms with E-state index in [0.717, 1.165) is 19.6 Å². The van der Waals surface area contributed by atoms with E-state index in [2.05, 4.69) is 10.2 Å². The van der Waals surface area contributed by atoms with Gasteiger partial charge in [-0.25, -0.2) is 0 Å². The highest BCUT2D eigenvalue weighted by Gasteiger charge is 2.33. The van der Waals surface area contributed by atoms with Crippen LogP contribution in [0.2, 0.25) is 0 Å². The highest BCUT2D eigenvalue weighted by molar-refractivity contribution is 4.88. The topological polar surface area (TPSA) is 33.7 Å². The van der Waals surface area contributed by atoms with Crippen LogP contribution in [0.25, 0.3) is 0 Å². The van der Waals surface area contributed by atoms with Crippen molar-refractivity contribution in [3.05, 3.63) is 0 Å². The Bertz CT molecular complexity index is 205. The average Bonchev–Trinajstić information content (AvgIpc) is 2.56. The molecule has 4 nitrogen and oxygen atoms in total. The molecule has 2 aliphatic heterocycles. The van der Waals surface area contributed by atoms with Crippen LogP contribution in [0, 0.1) is 0 Å². The summed E-state index contributed by atoms with van der Waals surface area (Å²) in [6, 6.07) is 0.658. The summed E-state index contributed by atoms with van der Waals surface area (Å²) in [5.74, 6) is 0. The Morgan fingerprint density at radius 1 is 1.06 bits per heavy atom. The smallest absolute Gasteiger partial charge is 0.0971 e. The van der Waals surface area contributed by atoms with Gasteiger partial charge < -0.3 is 14.8 Å². The summed E-state index contributed by atoms with van der Waals surface area (Å²) in [7, 11) is 3.56. The van der Waals surface area contributed by atoms with Gasteiger partial charge in [0.05, 0.1) is 12.2 Å². The minimum atomic E-state index is 0.241. The molecule has 0 saturated carbocycles. The highest BCUT2D eigenvalue weighted by atomic mass is 16.5. The van der Waals surface area contributed by atoms with E-state index in [1.807, 2.05) is 0 Å². The Labute approximate surface area is 105 Å². The van der Waals surface area contributed by atoms with Crippen LogP contribution in [0.3, 0.4) is 0 Å². The molecule has 17 heavy (non-hydrogen) atoms. The average molecular weight is 242 g/mol. The molecule has 4 heteroatoms. The molecule has 2 aliphatic rings. The number of hydrogen-bond acceptors (Lipinski definition) is 4. The zero-order chi connectivity index (χ0) is 12.1. The maximum atomic E-state index is 5.47. The molecule has 0 aromatic carbocycles. The molecule has 2 saturated heterocycles. The second-order valence-corrected chi connectivity index (χ2v) is 5.27. The standard InChI is InChI=1S/C13H26N2O2/c1-16-12-9-15(10-13(12)17-2)8-11-6-4-3-5-7-14-11/h11-14H,3-10H2,1-2H3. The summed E-state index contributed by atoms with van der Waals surface area (Å²) in [6.45, 7) is 4.33. The number of nitrogens with one attached hydrogen (secondary N) is 1. The van der Waals surface area contributed by atoms with E-state index in [0.29, 0.717) is 6.04 Å². The number of rotatable bonds is 4. The molecule has 3 atom stereocenters. The van der Waals surface area contributed by atoms with E-state index in [4.69, 9.17) is 9.47 Å². The van der Waals surface area contributed by atoms with Crippen LogP contribution in [-0.2, 0) is 9.47 Å². The zero-order valence-corrected chi connectivity index (χ0v) is 11.2. The monoisotopic (exact) mass is 242 g/mol. The lowest BCUT2D eigenvalue weighted by Gasteiger charge is -2.23. The molecule has 2 heterocycles. The van der Waals surface area contributed by atoms with Gasteiger partial charge in [0.25, 0.3) is 0 Å². The molecule has 0 bridgehead atoms. The molecule has 0 aliphatic carbocycles. The Balaban J connectivity index is 1.79. The van der Waals surface area contributed by atoms with E-state index < -0.39 is 0 Å². The lowest BCUT2D eigenvalue weighted by molar-refractivity contribution is -0.00461. The van der Waals surface area contributed by atoms with Crippen LogP contribution in [-0.4, -0.2) is 63.5 Å². The van der Waals surface area contributed by atoms with Crippen LogP contribution in [0.1, 0.15) is 25.7 Å². The molecule has 0 aromatic heterocycles. The van der Waals surface area contributed by atoms with E-state index in [9.17, 15) is 0 Å². The lowest BCUT2D eigenvalue weighted by Crippen LogP contribution is -2.40. The quantitative estimate of drug-likeness (QED) is 0.793. The van der Waals surface area contributed by atoms with E-state index in [1.165, 1.54) is 32.2 Å². The molecule has 0 radical (unpaired) electrons. The van der Waals surface area contributed by atoms with E-state index in [1.54, 1.807) is 14.2 Å². The minimum absolute atomic E-state index is 0.241. The first-order chi connectivity index (χ1) is 8.33. The minimum Gasteiger partial charge on any atom is -0.377 e. The molecular formula is C13H26N2O2. The summed E-state index contributed by atoms with van der Waals surface area (Å²) in [6.07, 6.45) is 5.87. The first kappa shape index (κ1) is 13.3. The number of hydrogen-bond donors (Lipinski definition) is 1. The fraction of sp³-hybridized carbons (Fsp3) is 1.00. The summed E-state index contributed by atoms with van der Waals surface area (Å²) in [5, 5.41) is 3.65. The van der Waals surface area contributed by atoms with Crippen LogP contribution in [0.4, 0.5) is 0 Å². The van der Waals surface area contributed by atoms with E-state index in [-0.39, 0.29) is 12.2 Å². The molecule has 0 aromatic rings. The van der Waals surface area contributed by atoms with Crippen molar-refractivity contribution in [2.75, 3.05) is 40.4 Å². The number of likely N-dealkylation sites (tertiary alicyclic amines) is 1. The van der Waals surface area contributed by atoms with Gasteiger partial charge in [0.1, 0.15) is 0 Å². The molecule has 2 fully saturated rings. The van der Waals surface area contributed by atoms with Gasteiger partial charge in [-0.05, 0) is 19.4 Å². The Hall–Kier alpha value is -0.160. The van der Waals surface area contributed by atoms with Crippen molar-refractivity contribution in [1.82, 2.24) is 10.2 Å². The first-order valence-electron chi connectivity index (χ1n) is 6.85. The van der Waals surface area contributed by atoms with Crippen LogP contribution in [0.15, 0.2) is 0 Å². The summed E-state index contributed by atoms with van der Waals surface area (Å²) >= 11 is 0. The number of ether oxygens (including phenoxy) is 2. The maximum absolute atomic E-state index is 5.47. The Kier molecular flexibility index (Phi) is 5.22. The van der Waals surface area contributed by atoms with Gasteiger partial charge in [-0.1, -0.05) is 12.8 Å². The van der Waals surface area contributed by atoms with Crippen molar-refractivity contribution in [1.29, 1.82) is 0 Å². The molecular weight excluding hydrogens is 216 g/mol. The third-order valence-corrected chi connectivity index (χ3v) is 4.04. The lowest BCUT2D eigenvalue weighted by atomic mass is 10.1. The molecule has 3 unspecified atom stereocenters. The van der Waals surface area contributed by atoms with E-state index >= 15 is 0 Å². The third-order valence-electron chi connectivity index (χ3n) is 4.04. The van der Waals surface area contributed by atoms with Crippen LogP contribution >= 0.6 is 0 Å². The summed E-state index contributed by atoms with van der Waals surface area (Å²) in [4.78, 5) is 2.48. The SMILES string of the molecule is COC1CN(CC2CCCCCN2)CC1OC. The molecule has 1 N–H and O–H groups in total. The summed E-state index contributed by atoms with van der Waals surface area (Å²) < 4.78 is 10.9. The molecule has 2 rings (SSSR count). The summed E-state index contributed by atoms with van der Waals surface area (Å²) in [5.41, 5.74) is 0. The molecule has 0 spiro atoms. The van der Waals surface area contributed by atoms with Gasteiger partial charge in [-0.2, -0.15) is 0 Å². The van der Waals surface area contributed by atoms with Crippen LogP contribution in [0.5, 0.6) is 0 Å². The van der Waals surface area contributed by atoms with Crippen molar-refractivity contribution in [3.63, 3.8) is 0 Å². The van der Waals surface area contributed by atoms with Gasteiger partial charge in [-0.3, -0.25) is 4.90 Å². The van der Waals surface area contributed by atoms with Crippen LogP contribution < -0.4 is 5.32 Å². The first-order valence-corrected chi connectivity index (χ1v) is 6.85. The molecule has 0 amide bonds. The van der Waals surface area contributed by atoms with Gasteiger partial charge >= 0.3 is 0 Å². The fourth-order valence-corrected chi connectivity index (χ4v) is 2.99. The van der Waals surface area contributed by atoms with Crippen molar-refractivity contribution in [2.45, 2.75) is 43.9 Å². The van der Waals surface area contributed by atoms with Crippen molar-refractivity contribution in [2.24, 2.45) is 0 Å². The third kappa shape index (κ3) is 3.65. The van der Waals surface area contributed by atoms with Crippen molar-refractivity contribution < 1.29 is 9.47 Å². The fourth-order valence-electron chi connectivity index (χ4n) is 2.99. The predicted molar refractivity (Wildman–Crippen MR) is 68.3 cm³/mol. The van der Waals surface area contributed by atoms with Crippen molar-refractivity contribution >= 4 is 0 Å². The largest absolute Gasteiger partial charge is 0.377 e. The predicted octanol–water partition coefficient (Wildman–Crippen LogP) is 0.864. The zero-order valence-electron chi connectivity index (χ0n) is 11.2. The van der Waals surface area contributed by atoms with Crippen molar-refractivity contribution in [3.8, 4) is 0 Å². The molecule has 100 valence electrons. The maximum Gasteiger partial charge on any atom is 0.0971 e. The number of methoxy groups -OCH3 is 2. The second kappa shape index (κ2) is 6.69. The van der Waals surface area contributed by atoms with Gasteiger partial charge in [0.15, 0.2) is 0 Å². The van der Waals surface area contributed by atoms with Gasteiger partial charge in [-0.15, -0.1) is 0 Å². The Morgan fingerprint density at radius 2 is 1.76 bits per heavy atom. The second-order valence-electron chi connectivity index (χ2n) is 5.27. The highest BCUT2D eigenvalue weighted by Crippen LogP contribution is 2.17. The van der Waals surface area contributed by atoms with Gasteiger partial charge in [0, 0.05) is 39.9 Å². The Morgan fingerprint density at radius 3 is 2.41 bits per heavy atom. The number of nitrogens with zero attached hydrogens (tertiary/aromatic N) is 1. The van der Waals surface area contributed by atoms with Gasteiger partial charge in [0.2, 0.25) is 0 Å². The normalized spacial score (nSPS) is 36.0.